The van der Waals surface area contributed by atoms with Gasteiger partial charge in [0.2, 0.25) is 10.0 Å². The summed E-state index contributed by atoms with van der Waals surface area (Å²) in [6, 6.07) is 0. The van der Waals surface area contributed by atoms with Gasteiger partial charge in [-0.15, -0.1) is 0 Å². The van der Waals surface area contributed by atoms with Crippen molar-refractivity contribution in [3.8, 4) is 0 Å². The Morgan fingerprint density at radius 2 is 1.87 bits per heavy atom. The van der Waals surface area contributed by atoms with Crippen molar-refractivity contribution in [1.29, 1.82) is 0 Å². The van der Waals surface area contributed by atoms with Gasteiger partial charge in [-0.05, 0) is 14.0 Å². The minimum absolute atomic E-state index is 0.196. The van der Waals surface area contributed by atoms with Crippen LogP contribution in [-0.2, 0) is 10.0 Å². The number of halogens is 3. The van der Waals surface area contributed by atoms with Gasteiger partial charge in [-0.1, -0.05) is 0 Å². The molecule has 1 unspecified atom stereocenters. The Hall–Kier alpha value is -0.340. The van der Waals surface area contributed by atoms with E-state index in [9.17, 15) is 21.6 Å². The molecular weight excluding hydrogens is 233 g/mol. The highest BCUT2D eigenvalue weighted by atomic mass is 32.2. The standard InChI is InChI=1S/C7H15F3N2O2S/c1-6(5-11-2)15(13,14)12-4-3-7(8,9)10/h6,11-12H,3-5H2,1-2H3. The van der Waals surface area contributed by atoms with Crippen LogP contribution in [0.2, 0.25) is 0 Å². The number of hydrogen-bond donors (Lipinski definition) is 2. The van der Waals surface area contributed by atoms with Crippen LogP contribution < -0.4 is 10.0 Å². The lowest BCUT2D eigenvalue weighted by Crippen LogP contribution is -2.39. The quantitative estimate of drug-likeness (QED) is 0.718. The number of nitrogens with one attached hydrogen (secondary N) is 2. The van der Waals surface area contributed by atoms with E-state index < -0.39 is 34.4 Å². The largest absolute Gasteiger partial charge is 0.390 e. The van der Waals surface area contributed by atoms with Crippen LogP contribution >= 0.6 is 0 Å². The molecular formula is C7H15F3N2O2S. The van der Waals surface area contributed by atoms with Crippen molar-refractivity contribution in [2.75, 3.05) is 20.1 Å². The average molecular weight is 248 g/mol. The fraction of sp³-hybridized carbons (Fsp3) is 1.00. The normalized spacial score (nSPS) is 15.3. The van der Waals surface area contributed by atoms with E-state index in [1.54, 1.807) is 7.05 Å². The smallest absolute Gasteiger partial charge is 0.318 e. The summed E-state index contributed by atoms with van der Waals surface area (Å²) in [4.78, 5) is 0. The van der Waals surface area contributed by atoms with Gasteiger partial charge in [-0.25, -0.2) is 13.1 Å². The number of alkyl halides is 3. The molecule has 0 aliphatic heterocycles. The van der Waals surface area contributed by atoms with Crippen molar-refractivity contribution in [1.82, 2.24) is 10.0 Å². The third-order valence-corrected chi connectivity index (χ3v) is 3.57. The third-order valence-electron chi connectivity index (χ3n) is 1.73. The maximum absolute atomic E-state index is 11.7. The highest BCUT2D eigenvalue weighted by molar-refractivity contribution is 7.90. The van der Waals surface area contributed by atoms with Crippen molar-refractivity contribution in [2.45, 2.75) is 24.8 Å². The van der Waals surface area contributed by atoms with Crippen LogP contribution in [0.5, 0.6) is 0 Å². The second-order valence-corrected chi connectivity index (χ2v) is 5.36. The molecule has 0 aromatic heterocycles. The molecule has 0 fully saturated rings. The molecule has 0 aromatic rings. The Balaban J connectivity index is 4.06. The van der Waals surface area contributed by atoms with Crippen LogP contribution in [0, 0.1) is 0 Å². The molecule has 4 nitrogen and oxygen atoms in total. The lowest BCUT2D eigenvalue weighted by molar-refractivity contribution is -0.132. The van der Waals surface area contributed by atoms with Gasteiger partial charge < -0.3 is 5.32 Å². The van der Waals surface area contributed by atoms with Gasteiger partial charge in [-0.2, -0.15) is 13.2 Å². The van der Waals surface area contributed by atoms with Gasteiger partial charge in [0.15, 0.2) is 0 Å². The molecule has 0 radical (unpaired) electrons. The monoisotopic (exact) mass is 248 g/mol. The fourth-order valence-corrected chi connectivity index (χ4v) is 1.93. The highest BCUT2D eigenvalue weighted by Crippen LogP contribution is 2.18. The van der Waals surface area contributed by atoms with E-state index in [-0.39, 0.29) is 6.54 Å². The summed E-state index contributed by atoms with van der Waals surface area (Å²) in [6.07, 6.45) is -5.49. The molecule has 0 heterocycles. The van der Waals surface area contributed by atoms with Crippen LogP contribution in [0.25, 0.3) is 0 Å². The Bertz CT molecular complexity index is 276. The summed E-state index contributed by atoms with van der Waals surface area (Å²) in [7, 11) is -2.09. The Kier molecular flexibility index (Phi) is 5.54. The van der Waals surface area contributed by atoms with Gasteiger partial charge in [0, 0.05) is 13.1 Å². The molecule has 0 bridgehead atoms. The van der Waals surface area contributed by atoms with Crippen LogP contribution in [0.3, 0.4) is 0 Å². The zero-order valence-corrected chi connectivity index (χ0v) is 9.37. The molecule has 0 spiro atoms. The van der Waals surface area contributed by atoms with Gasteiger partial charge in [0.05, 0.1) is 11.7 Å². The van der Waals surface area contributed by atoms with Gasteiger partial charge in [0.25, 0.3) is 0 Å². The van der Waals surface area contributed by atoms with Crippen LogP contribution in [0.1, 0.15) is 13.3 Å². The predicted molar refractivity (Wildman–Crippen MR) is 51.0 cm³/mol. The van der Waals surface area contributed by atoms with Crippen molar-refractivity contribution >= 4 is 10.0 Å². The van der Waals surface area contributed by atoms with Crippen molar-refractivity contribution in [3.05, 3.63) is 0 Å². The van der Waals surface area contributed by atoms with E-state index in [1.807, 2.05) is 4.72 Å². The summed E-state index contributed by atoms with van der Waals surface area (Å²) >= 11 is 0. The average Bonchev–Trinajstić information content (AvgIpc) is 2.01. The molecule has 92 valence electrons. The van der Waals surface area contributed by atoms with Crippen molar-refractivity contribution in [2.24, 2.45) is 0 Å². The number of hydrogen-bond acceptors (Lipinski definition) is 3. The van der Waals surface area contributed by atoms with E-state index in [2.05, 4.69) is 5.32 Å². The van der Waals surface area contributed by atoms with E-state index in [0.717, 1.165) is 0 Å². The lowest BCUT2D eigenvalue weighted by Gasteiger charge is -2.13. The molecule has 1 atom stereocenters. The zero-order chi connectivity index (χ0) is 12.1. The Labute approximate surface area is 87.3 Å². The van der Waals surface area contributed by atoms with Crippen molar-refractivity contribution in [3.63, 3.8) is 0 Å². The predicted octanol–water partition coefficient (Wildman–Crippen LogP) is 0.466. The maximum Gasteiger partial charge on any atom is 0.390 e. The van der Waals surface area contributed by atoms with Gasteiger partial charge in [0.1, 0.15) is 0 Å². The van der Waals surface area contributed by atoms with Crippen molar-refractivity contribution < 1.29 is 21.6 Å². The summed E-state index contributed by atoms with van der Waals surface area (Å²) in [5.41, 5.74) is 0. The zero-order valence-electron chi connectivity index (χ0n) is 8.56. The first kappa shape index (κ1) is 14.7. The Morgan fingerprint density at radius 3 is 2.27 bits per heavy atom. The van der Waals surface area contributed by atoms with E-state index in [4.69, 9.17) is 0 Å². The molecule has 15 heavy (non-hydrogen) atoms. The molecule has 0 aliphatic rings. The second kappa shape index (κ2) is 5.66. The molecule has 0 saturated carbocycles. The molecule has 0 aliphatic carbocycles. The van der Waals surface area contributed by atoms with Crippen LogP contribution in [-0.4, -0.2) is 40.0 Å². The second-order valence-electron chi connectivity index (χ2n) is 3.17. The summed E-state index contributed by atoms with van der Waals surface area (Å²) in [5.74, 6) is 0. The van der Waals surface area contributed by atoms with Crippen LogP contribution in [0.4, 0.5) is 13.2 Å². The first-order chi connectivity index (χ1) is 6.69. The molecule has 0 saturated heterocycles. The number of sulfonamides is 1. The lowest BCUT2D eigenvalue weighted by atomic mass is 10.4. The highest BCUT2D eigenvalue weighted by Gasteiger charge is 2.28. The SMILES string of the molecule is CNCC(C)S(=O)(=O)NCCC(F)(F)F. The van der Waals surface area contributed by atoms with Gasteiger partial charge in [-0.3, -0.25) is 0 Å². The molecule has 0 aromatic carbocycles. The fourth-order valence-electron chi connectivity index (χ4n) is 0.874. The van der Waals surface area contributed by atoms with Crippen LogP contribution in [0.15, 0.2) is 0 Å². The topological polar surface area (TPSA) is 58.2 Å². The Morgan fingerprint density at radius 1 is 1.33 bits per heavy atom. The summed E-state index contributed by atoms with van der Waals surface area (Å²) in [5, 5.41) is 1.88. The third kappa shape index (κ3) is 6.69. The first-order valence-corrected chi connectivity index (χ1v) is 5.93. The van der Waals surface area contributed by atoms with E-state index in [0.29, 0.717) is 0 Å². The molecule has 2 N–H and O–H groups in total. The van der Waals surface area contributed by atoms with E-state index >= 15 is 0 Å². The maximum atomic E-state index is 11.7. The minimum atomic E-state index is -4.34. The number of rotatable bonds is 6. The van der Waals surface area contributed by atoms with Gasteiger partial charge >= 0.3 is 6.18 Å². The molecule has 0 amide bonds. The first-order valence-electron chi connectivity index (χ1n) is 4.39. The summed E-state index contributed by atoms with van der Waals surface area (Å²) < 4.78 is 59.7. The molecule has 0 rings (SSSR count). The minimum Gasteiger partial charge on any atom is -0.318 e. The van der Waals surface area contributed by atoms with E-state index in [1.165, 1.54) is 6.92 Å². The molecule has 8 heteroatoms. The summed E-state index contributed by atoms with van der Waals surface area (Å²) in [6.45, 7) is 1.01.